The molecule has 2 atom stereocenters. The van der Waals surface area contributed by atoms with Gasteiger partial charge in [-0.1, -0.05) is 12.1 Å². The Labute approximate surface area is 513 Å². The number of carbonyl (C=O) groups is 6. The molecule has 4 aliphatic heterocycles. The highest BCUT2D eigenvalue weighted by Crippen LogP contribution is 2.36. The summed E-state index contributed by atoms with van der Waals surface area (Å²) in [6, 6.07) is 13.7. The van der Waals surface area contributed by atoms with E-state index in [0.29, 0.717) is 63.9 Å². The van der Waals surface area contributed by atoms with Gasteiger partial charge in [-0.05, 0) is 114 Å². The molecular formula is C52H54I2N20O12. The first-order valence-electron chi connectivity index (χ1n) is 25.1. The molecule has 2 aromatic carbocycles. The lowest BCUT2D eigenvalue weighted by molar-refractivity contribution is -0.125. The Kier molecular flexibility index (Phi) is 19.4. The predicted molar refractivity (Wildman–Crippen MR) is 325 cm³/mol. The minimum Gasteiger partial charge on any atom is -0.497 e. The van der Waals surface area contributed by atoms with Crippen molar-refractivity contribution in [3.63, 3.8) is 0 Å². The lowest BCUT2D eigenvalue weighted by Crippen LogP contribution is -2.54. The molecule has 2 fully saturated rings. The summed E-state index contributed by atoms with van der Waals surface area (Å²) in [4.78, 5) is 142. The summed E-state index contributed by atoms with van der Waals surface area (Å²) in [5, 5.41) is 19.0. The maximum atomic E-state index is 13.0. The zero-order valence-electron chi connectivity index (χ0n) is 46.9. The van der Waals surface area contributed by atoms with Crippen molar-refractivity contribution in [3.8, 4) is 17.6 Å². The van der Waals surface area contributed by atoms with E-state index in [-0.39, 0.29) is 84.0 Å². The quantitative estimate of drug-likeness (QED) is 0.0422. The van der Waals surface area contributed by atoms with Crippen LogP contribution in [0.25, 0.3) is 11.1 Å². The molecule has 0 unspecified atom stereocenters. The van der Waals surface area contributed by atoms with Crippen LogP contribution in [0.15, 0.2) is 72.3 Å². The van der Waals surface area contributed by atoms with E-state index in [1.165, 1.54) is 30.1 Å². The number of aromatic nitrogens is 8. The number of nitrogens with zero attached hydrogens (tertiary/aromatic N) is 10. The average Bonchev–Trinajstić information content (AvgIpc) is 1.64. The number of urea groups is 2. The molecule has 0 radical (unpaired) electrons. The van der Waals surface area contributed by atoms with E-state index < -0.39 is 35.0 Å². The number of aryl methyl sites for hydroxylation is 4. The number of imide groups is 2. The summed E-state index contributed by atoms with van der Waals surface area (Å²) in [6.45, 7) is 7.16. The highest BCUT2D eigenvalue weighted by Gasteiger charge is 2.53. The van der Waals surface area contributed by atoms with Crippen LogP contribution in [0.4, 0.5) is 33.4 Å². The van der Waals surface area contributed by atoms with Crippen LogP contribution in [0.3, 0.4) is 0 Å². The van der Waals surface area contributed by atoms with Gasteiger partial charge in [0.1, 0.15) is 23.3 Å². The standard InChI is InChI=1S/C20H18N6O5.C14H12N4O4.C8H11IN4O.C5H6IN3O.C5H7N3O/c1-9-12-6-14(31-15(12)23-18(21)22-9)20(17(28)24-19(29)25-20)8-26-7-10-3-4-11(30-2)5-13(10)16(26)27;1-22-9-3-2-8-5-18(11(19)10(8)4-9)7-14(6-15)12(20)16-13(21)17-14;1-5-6(9)7(14)12-8(11-5)10-4-13(2)3;1-2-3(6)4(10)9-5(7)8-2;1-3-2-4(9)8-5(6)7-3/h3-6H,7-8H2,1-2H3,(H2,21,22,23)(H2,24,25,28,29);2-4H,5,7H2,1H3,(H2,16,17,20,21);4H,1-3H3,(H,11,12,14);1H3,(H3,7,8,9,10);2H,1H3,(H3,6,7,8,9)/t20-;14-;;;/m01.../s1. The third-order valence-corrected chi connectivity index (χ3v) is 15.2. The second-order valence-corrected chi connectivity index (χ2v) is 21.4. The number of H-pyrrole nitrogens is 3. The first-order chi connectivity index (χ1) is 40.6. The van der Waals surface area contributed by atoms with Gasteiger partial charge in [-0.2, -0.15) is 10.2 Å². The van der Waals surface area contributed by atoms with Crippen LogP contribution in [0, 0.1) is 46.2 Å². The molecule has 5 aromatic heterocycles. The Balaban J connectivity index is 0.000000167. The van der Waals surface area contributed by atoms with Gasteiger partial charge in [0.2, 0.25) is 35.0 Å². The number of furan rings is 1. The third kappa shape index (κ3) is 14.3. The number of methoxy groups -OCH3 is 2. The van der Waals surface area contributed by atoms with Gasteiger partial charge in [0.15, 0.2) is 5.54 Å². The van der Waals surface area contributed by atoms with Gasteiger partial charge in [0.05, 0.1) is 63.3 Å². The van der Waals surface area contributed by atoms with Crippen LogP contribution < -0.4 is 64.6 Å². The van der Waals surface area contributed by atoms with E-state index in [1.54, 1.807) is 87.5 Å². The molecule has 32 nitrogen and oxygen atoms in total. The molecule has 86 heavy (non-hydrogen) atoms. The SMILES string of the molecule is COc1ccc2c(c1)C(=O)N(C[C@@]1(C#N)NC(=O)NC1=O)C2.COc1ccc2c(c1)C(=O)N(C[C@@]1(c3cc4c(C)nc(N)nc4o3)NC(=O)NC1=O)C2.Cc1cc(=O)[nH]c(N)n1.Cc1nc(N)[nH]c(=O)c1I.Cc1nc(N=CN(C)C)[nH]c(=O)c1I. The summed E-state index contributed by atoms with van der Waals surface area (Å²) in [7, 11) is 6.72. The van der Waals surface area contributed by atoms with Crippen LogP contribution in [0.1, 0.15) is 60.4 Å². The summed E-state index contributed by atoms with van der Waals surface area (Å²) in [5.74, 6) is -0.0251. The Morgan fingerprint density at radius 2 is 1.24 bits per heavy atom. The molecule has 11 rings (SSSR count). The Morgan fingerprint density at radius 1 is 0.698 bits per heavy atom. The van der Waals surface area contributed by atoms with E-state index in [4.69, 9.17) is 31.1 Å². The maximum absolute atomic E-state index is 13.0. The number of amides is 8. The van der Waals surface area contributed by atoms with Gasteiger partial charge in [0, 0.05) is 50.1 Å². The van der Waals surface area contributed by atoms with E-state index >= 15 is 0 Å². The minimum atomic E-state index is -1.75. The number of aliphatic imine (C=N–C) groups is 1. The fourth-order valence-corrected chi connectivity index (χ4v) is 9.12. The first kappa shape index (κ1) is 63.5. The summed E-state index contributed by atoms with van der Waals surface area (Å²) in [5.41, 5.74) is 17.5. The largest absolute Gasteiger partial charge is 0.497 e. The number of fused-ring (bicyclic) bond motifs is 3. The molecule has 448 valence electrons. The lowest BCUT2D eigenvalue weighted by Gasteiger charge is -2.28. The number of nitrogen functional groups attached to an aromatic ring is 3. The van der Waals surface area contributed by atoms with E-state index in [0.717, 1.165) is 11.1 Å². The number of benzene rings is 2. The van der Waals surface area contributed by atoms with Crippen LogP contribution >= 0.6 is 45.2 Å². The van der Waals surface area contributed by atoms with Crippen LogP contribution in [-0.2, 0) is 28.2 Å². The normalized spacial score (nSPS) is 17.0. The molecular weight excluding hydrogens is 1350 g/mol. The zero-order valence-corrected chi connectivity index (χ0v) is 51.2. The predicted octanol–water partition coefficient (Wildman–Crippen LogP) is 1.40. The third-order valence-electron chi connectivity index (χ3n) is 12.7. The van der Waals surface area contributed by atoms with Gasteiger partial charge >= 0.3 is 12.1 Å². The van der Waals surface area contributed by atoms with E-state index in [9.17, 15) is 48.4 Å². The van der Waals surface area contributed by atoms with Crippen LogP contribution in [0.5, 0.6) is 11.5 Å². The molecule has 13 N–H and O–H groups in total. The number of ether oxygens (including phenoxy) is 2. The van der Waals surface area contributed by atoms with Gasteiger partial charge in [-0.3, -0.25) is 59.1 Å². The fourth-order valence-electron chi connectivity index (χ4n) is 8.61. The van der Waals surface area contributed by atoms with Gasteiger partial charge < -0.3 is 56.4 Å². The van der Waals surface area contributed by atoms with Crippen molar-refractivity contribution < 1.29 is 42.7 Å². The second-order valence-electron chi connectivity index (χ2n) is 19.2. The van der Waals surface area contributed by atoms with Crippen molar-refractivity contribution >= 4 is 122 Å². The number of rotatable bonds is 9. The van der Waals surface area contributed by atoms with Crippen molar-refractivity contribution in [3.05, 3.63) is 138 Å². The summed E-state index contributed by atoms with van der Waals surface area (Å²) >= 11 is 3.88. The molecule has 2 saturated heterocycles. The fraction of sp³-hybridized carbons (Fsp3) is 0.269. The lowest BCUT2D eigenvalue weighted by atomic mass is 9.95. The molecule has 34 heteroatoms. The summed E-state index contributed by atoms with van der Waals surface area (Å²) in [6.07, 6.45) is 1.59. The number of anilines is 3. The number of nitriles is 1. The summed E-state index contributed by atoms with van der Waals surface area (Å²) < 4.78 is 17.3. The monoisotopic (exact) mass is 1400 g/mol. The van der Waals surface area contributed by atoms with Gasteiger partial charge in [0.25, 0.3) is 40.3 Å². The molecule has 0 bridgehead atoms. The van der Waals surface area contributed by atoms with Gasteiger partial charge in [-0.15, -0.1) is 0 Å². The minimum absolute atomic E-state index is 0.0268. The maximum Gasteiger partial charge on any atom is 0.323 e. The molecule has 9 heterocycles. The van der Waals surface area contributed by atoms with Crippen molar-refractivity contribution in [2.24, 2.45) is 4.99 Å². The number of aromatic amines is 3. The second kappa shape index (κ2) is 26.2. The highest BCUT2D eigenvalue weighted by molar-refractivity contribution is 14.1. The smallest absolute Gasteiger partial charge is 0.323 e. The Hall–Kier alpha value is -10.1. The molecule has 0 aliphatic carbocycles. The molecule has 8 amide bonds. The number of halogens is 2. The zero-order chi connectivity index (χ0) is 63.1. The molecule has 0 saturated carbocycles. The van der Waals surface area contributed by atoms with E-state index in [2.05, 4.69) is 60.8 Å². The number of hydrogen-bond donors (Lipinski definition) is 10. The van der Waals surface area contributed by atoms with Crippen molar-refractivity contribution in [1.29, 1.82) is 5.26 Å². The van der Waals surface area contributed by atoms with Crippen molar-refractivity contribution in [2.45, 2.75) is 51.9 Å². The number of carbonyl (C=O) groups excluding carboxylic acids is 6. The topological polar surface area (TPSA) is 469 Å². The van der Waals surface area contributed by atoms with Crippen LogP contribution in [-0.4, -0.2) is 144 Å². The van der Waals surface area contributed by atoms with Crippen LogP contribution in [0.2, 0.25) is 0 Å². The Morgan fingerprint density at radius 3 is 1.73 bits per heavy atom. The number of nitrogens with two attached hydrogens (primary N) is 3. The molecule has 4 aliphatic rings. The van der Waals surface area contributed by atoms with Crippen molar-refractivity contribution in [2.75, 3.05) is 58.6 Å². The van der Waals surface area contributed by atoms with Crippen molar-refractivity contribution in [1.82, 2.24) is 75.8 Å². The van der Waals surface area contributed by atoms with Gasteiger partial charge in [-0.25, -0.2) is 34.5 Å². The highest BCUT2D eigenvalue weighted by atomic mass is 127. The molecule has 0 spiro atoms. The average molecular weight is 1400 g/mol. The number of hydrogen-bond acceptors (Lipinski definition) is 22. The number of nitrogens with one attached hydrogen (secondary N) is 7. The van der Waals surface area contributed by atoms with E-state index in [1.807, 2.05) is 64.6 Å². The molecule has 7 aromatic rings. The first-order valence-corrected chi connectivity index (χ1v) is 27.2. The Bertz CT molecular complexity index is 4120.